The number of carbonyl (C=O) groups is 2. The first-order valence-electron chi connectivity index (χ1n) is 9.03. The van der Waals surface area contributed by atoms with Gasteiger partial charge in [0.15, 0.2) is 5.82 Å². The molecular formula is C21H19N5O3. The summed E-state index contributed by atoms with van der Waals surface area (Å²) in [7, 11) is 1.58. The molecule has 4 rings (SSSR count). The van der Waals surface area contributed by atoms with E-state index in [0.717, 1.165) is 5.69 Å². The van der Waals surface area contributed by atoms with E-state index in [2.05, 4.69) is 20.6 Å². The fourth-order valence-electron chi connectivity index (χ4n) is 3.01. The molecule has 8 heteroatoms. The van der Waals surface area contributed by atoms with E-state index in [1.807, 2.05) is 18.2 Å². The molecule has 8 nitrogen and oxygen atoms in total. The van der Waals surface area contributed by atoms with Gasteiger partial charge in [-0.1, -0.05) is 6.07 Å². The zero-order valence-electron chi connectivity index (χ0n) is 15.8. The van der Waals surface area contributed by atoms with E-state index in [-0.39, 0.29) is 18.4 Å². The number of amides is 2. The van der Waals surface area contributed by atoms with Gasteiger partial charge in [0.2, 0.25) is 5.91 Å². The van der Waals surface area contributed by atoms with Gasteiger partial charge >= 0.3 is 0 Å². The van der Waals surface area contributed by atoms with Crippen molar-refractivity contribution in [3.8, 4) is 5.75 Å². The molecule has 146 valence electrons. The van der Waals surface area contributed by atoms with Gasteiger partial charge in [0, 0.05) is 18.1 Å². The van der Waals surface area contributed by atoms with Crippen LogP contribution >= 0.6 is 0 Å². The number of pyridine rings is 2. The number of nitrogens with one attached hydrogen (secondary N) is 2. The molecule has 0 saturated heterocycles. The molecule has 0 bridgehead atoms. The maximum Gasteiger partial charge on any atom is 0.257 e. The molecule has 0 aliphatic carbocycles. The maximum atomic E-state index is 12.7. The Hall–Kier alpha value is -3.94. The van der Waals surface area contributed by atoms with Crippen molar-refractivity contribution in [3.05, 3.63) is 72.2 Å². The highest BCUT2D eigenvalue weighted by Crippen LogP contribution is 2.30. The molecule has 29 heavy (non-hydrogen) atoms. The number of fused-ring (bicyclic) bond motifs is 1. The van der Waals surface area contributed by atoms with Crippen LogP contribution in [0.5, 0.6) is 5.75 Å². The minimum Gasteiger partial charge on any atom is -0.497 e. The Morgan fingerprint density at radius 3 is 2.76 bits per heavy atom. The molecule has 0 unspecified atom stereocenters. The van der Waals surface area contributed by atoms with Gasteiger partial charge in [-0.05, 0) is 42.5 Å². The highest BCUT2D eigenvalue weighted by Gasteiger charge is 2.26. The second-order valence-corrected chi connectivity index (χ2v) is 6.43. The SMILES string of the molecule is COc1ccc(NC(=O)c2cnc3c(c2)N(Cc2ccccn2)C(=O)CN3)cc1. The van der Waals surface area contributed by atoms with Gasteiger partial charge in [-0.15, -0.1) is 0 Å². The van der Waals surface area contributed by atoms with Crippen LogP contribution in [0.4, 0.5) is 17.2 Å². The molecule has 1 aromatic carbocycles. The van der Waals surface area contributed by atoms with E-state index in [0.29, 0.717) is 35.1 Å². The first kappa shape index (κ1) is 18.4. The minimum absolute atomic E-state index is 0.113. The summed E-state index contributed by atoms with van der Waals surface area (Å²) >= 11 is 0. The van der Waals surface area contributed by atoms with E-state index in [1.54, 1.807) is 48.5 Å². The topological polar surface area (TPSA) is 96.4 Å². The third kappa shape index (κ3) is 4.01. The lowest BCUT2D eigenvalue weighted by atomic mass is 10.1. The Kier molecular flexibility index (Phi) is 5.07. The molecule has 2 amide bonds. The van der Waals surface area contributed by atoms with E-state index in [1.165, 1.54) is 6.20 Å². The number of anilines is 3. The quantitative estimate of drug-likeness (QED) is 0.697. The smallest absolute Gasteiger partial charge is 0.257 e. The lowest BCUT2D eigenvalue weighted by Gasteiger charge is -2.29. The largest absolute Gasteiger partial charge is 0.497 e. The van der Waals surface area contributed by atoms with E-state index in [4.69, 9.17) is 4.74 Å². The summed E-state index contributed by atoms with van der Waals surface area (Å²) in [6.45, 7) is 0.448. The number of benzene rings is 1. The second-order valence-electron chi connectivity index (χ2n) is 6.43. The van der Waals surface area contributed by atoms with Crippen molar-refractivity contribution in [2.45, 2.75) is 6.54 Å². The van der Waals surface area contributed by atoms with E-state index < -0.39 is 0 Å². The van der Waals surface area contributed by atoms with Crippen LogP contribution in [0.25, 0.3) is 0 Å². The molecule has 0 radical (unpaired) electrons. The predicted molar refractivity (Wildman–Crippen MR) is 109 cm³/mol. The lowest BCUT2D eigenvalue weighted by Crippen LogP contribution is -2.40. The molecule has 1 aliphatic heterocycles. The van der Waals surface area contributed by atoms with Crippen LogP contribution in [0.3, 0.4) is 0 Å². The fraction of sp³-hybridized carbons (Fsp3) is 0.143. The van der Waals surface area contributed by atoms with Crippen LogP contribution in [0.15, 0.2) is 60.9 Å². The van der Waals surface area contributed by atoms with Crippen molar-refractivity contribution >= 4 is 29.0 Å². The first-order chi connectivity index (χ1) is 14.1. The van der Waals surface area contributed by atoms with Gasteiger partial charge in [0.1, 0.15) is 5.75 Å². The van der Waals surface area contributed by atoms with E-state index >= 15 is 0 Å². The van der Waals surface area contributed by atoms with E-state index in [9.17, 15) is 9.59 Å². The number of aromatic nitrogens is 2. The third-order valence-corrected chi connectivity index (χ3v) is 4.52. The normalized spacial score (nSPS) is 12.7. The minimum atomic E-state index is -0.318. The molecule has 0 fully saturated rings. The van der Waals surface area contributed by atoms with Crippen molar-refractivity contribution in [1.29, 1.82) is 0 Å². The summed E-state index contributed by atoms with van der Waals surface area (Å²) in [6, 6.07) is 14.2. The number of ether oxygens (including phenoxy) is 1. The molecule has 3 aromatic rings. The summed E-state index contributed by atoms with van der Waals surface area (Å²) in [4.78, 5) is 35.4. The predicted octanol–water partition coefficient (Wildman–Crippen LogP) is 2.70. The fourth-order valence-corrected chi connectivity index (χ4v) is 3.01. The summed E-state index contributed by atoms with van der Waals surface area (Å²) in [6.07, 6.45) is 3.17. The molecule has 2 N–H and O–H groups in total. The molecular weight excluding hydrogens is 370 g/mol. The number of rotatable bonds is 5. The first-order valence-corrected chi connectivity index (χ1v) is 9.03. The zero-order chi connectivity index (χ0) is 20.2. The molecule has 1 aliphatic rings. The molecule has 0 spiro atoms. The van der Waals surface area contributed by atoms with Crippen LogP contribution in [0, 0.1) is 0 Å². The number of hydrogen-bond donors (Lipinski definition) is 2. The Morgan fingerprint density at radius 2 is 2.03 bits per heavy atom. The van der Waals surface area contributed by atoms with Gasteiger partial charge in [-0.2, -0.15) is 0 Å². The molecule has 2 aromatic heterocycles. The van der Waals surface area contributed by atoms with Gasteiger partial charge in [-0.3, -0.25) is 14.6 Å². The Bertz CT molecular complexity index is 1040. The monoisotopic (exact) mass is 389 g/mol. The van der Waals surface area contributed by atoms with Crippen molar-refractivity contribution in [3.63, 3.8) is 0 Å². The number of nitrogens with zero attached hydrogens (tertiary/aromatic N) is 3. The maximum absolute atomic E-state index is 12.7. The second kappa shape index (κ2) is 7.97. The van der Waals surface area contributed by atoms with Crippen LogP contribution < -0.4 is 20.3 Å². The van der Waals surface area contributed by atoms with Crippen LogP contribution in [0.2, 0.25) is 0 Å². The summed E-state index contributed by atoms with van der Waals surface area (Å²) in [5, 5.41) is 5.81. The van der Waals surface area contributed by atoms with Gasteiger partial charge < -0.3 is 20.3 Å². The summed E-state index contributed by atoms with van der Waals surface area (Å²) < 4.78 is 5.12. The number of hydrogen-bond acceptors (Lipinski definition) is 6. The Balaban J connectivity index is 1.58. The van der Waals surface area contributed by atoms with Crippen LogP contribution in [-0.2, 0) is 11.3 Å². The highest BCUT2D eigenvalue weighted by atomic mass is 16.5. The number of carbonyl (C=O) groups excluding carboxylic acids is 2. The standard InChI is InChI=1S/C21H19N5O3/c1-29-17-7-5-15(6-8-17)25-21(28)14-10-18-20(23-11-14)24-12-19(27)26(18)13-16-4-2-3-9-22-16/h2-11H,12-13H2,1H3,(H,23,24)(H,25,28). The van der Waals surface area contributed by atoms with Crippen LogP contribution in [0.1, 0.15) is 16.1 Å². The van der Waals surface area contributed by atoms with Crippen molar-refractivity contribution in [2.24, 2.45) is 0 Å². The number of methoxy groups -OCH3 is 1. The Labute approximate surface area is 167 Å². The van der Waals surface area contributed by atoms with Crippen molar-refractivity contribution in [1.82, 2.24) is 9.97 Å². The van der Waals surface area contributed by atoms with Crippen molar-refractivity contribution < 1.29 is 14.3 Å². The summed E-state index contributed by atoms with van der Waals surface area (Å²) in [5.74, 6) is 0.827. The average Bonchev–Trinajstić information content (AvgIpc) is 2.76. The zero-order valence-corrected chi connectivity index (χ0v) is 15.8. The highest BCUT2D eigenvalue weighted by molar-refractivity contribution is 6.07. The van der Waals surface area contributed by atoms with Gasteiger partial charge in [0.05, 0.1) is 37.1 Å². The lowest BCUT2D eigenvalue weighted by molar-refractivity contribution is -0.117. The average molecular weight is 389 g/mol. The molecule has 0 atom stereocenters. The molecule has 0 saturated carbocycles. The molecule has 3 heterocycles. The Morgan fingerprint density at radius 1 is 1.21 bits per heavy atom. The van der Waals surface area contributed by atoms with Gasteiger partial charge in [0.25, 0.3) is 5.91 Å². The summed E-state index contributed by atoms with van der Waals surface area (Å²) in [5.41, 5.74) is 2.28. The van der Waals surface area contributed by atoms with Crippen molar-refractivity contribution in [2.75, 3.05) is 29.2 Å². The van der Waals surface area contributed by atoms with Gasteiger partial charge in [-0.25, -0.2) is 4.98 Å². The van der Waals surface area contributed by atoms with Crippen LogP contribution in [-0.4, -0.2) is 35.4 Å². The third-order valence-electron chi connectivity index (χ3n) is 4.52.